The molecule has 5 nitrogen and oxygen atoms in total. The number of carbonyl (C=O) groups excluding carboxylic acids is 1. The van der Waals surface area contributed by atoms with Crippen LogP contribution in [0.15, 0.2) is 36.4 Å². The fraction of sp³-hybridized carbons (Fsp3) is 0.0667. The van der Waals surface area contributed by atoms with Crippen LogP contribution in [-0.4, -0.2) is 13.0 Å². The number of fused-ring (bicyclic) bond motifs is 2. The molecule has 0 saturated heterocycles. The minimum absolute atomic E-state index is 0.107. The number of hydrogen-bond acceptors (Lipinski definition) is 4. The van der Waals surface area contributed by atoms with Gasteiger partial charge in [0.25, 0.3) is 5.91 Å². The maximum absolute atomic E-state index is 13.8. The molecule has 1 amide bonds. The van der Waals surface area contributed by atoms with Crippen LogP contribution in [0, 0.1) is 17.1 Å². The SMILES string of the molecule is CON1C(=O)c2ccccc2Oc2cc(C#N)c(F)cc21. The molecule has 0 fully saturated rings. The van der Waals surface area contributed by atoms with Crippen molar-refractivity contribution in [1.82, 2.24) is 0 Å². The zero-order valence-electron chi connectivity index (χ0n) is 11.0. The number of ether oxygens (including phenoxy) is 1. The lowest BCUT2D eigenvalue weighted by Gasteiger charge is -2.18. The first-order valence-electron chi connectivity index (χ1n) is 6.05. The molecule has 6 heteroatoms. The third-order valence-electron chi connectivity index (χ3n) is 3.09. The van der Waals surface area contributed by atoms with E-state index in [1.807, 2.05) is 0 Å². The number of anilines is 1. The van der Waals surface area contributed by atoms with Gasteiger partial charge in [-0.2, -0.15) is 10.3 Å². The Bertz CT molecular complexity index is 783. The number of para-hydroxylation sites is 1. The van der Waals surface area contributed by atoms with E-state index >= 15 is 0 Å². The fourth-order valence-electron chi connectivity index (χ4n) is 2.12. The van der Waals surface area contributed by atoms with E-state index in [2.05, 4.69) is 0 Å². The molecule has 2 aromatic rings. The largest absolute Gasteiger partial charge is 0.454 e. The van der Waals surface area contributed by atoms with Gasteiger partial charge >= 0.3 is 0 Å². The van der Waals surface area contributed by atoms with Crippen LogP contribution in [0.25, 0.3) is 0 Å². The van der Waals surface area contributed by atoms with Gasteiger partial charge in [0.1, 0.15) is 23.3 Å². The van der Waals surface area contributed by atoms with Crippen molar-refractivity contribution in [3.63, 3.8) is 0 Å². The van der Waals surface area contributed by atoms with E-state index in [9.17, 15) is 9.18 Å². The Morgan fingerprint density at radius 2 is 2.05 bits per heavy atom. The Morgan fingerprint density at radius 1 is 1.29 bits per heavy atom. The molecule has 0 spiro atoms. The number of nitrogens with zero attached hydrogens (tertiary/aromatic N) is 2. The molecular formula is C15H9FN2O3. The van der Waals surface area contributed by atoms with E-state index in [1.54, 1.807) is 30.3 Å². The van der Waals surface area contributed by atoms with E-state index < -0.39 is 11.7 Å². The second kappa shape index (κ2) is 4.89. The summed E-state index contributed by atoms with van der Waals surface area (Å²) in [4.78, 5) is 17.5. The molecule has 1 aliphatic rings. The average molecular weight is 284 g/mol. The summed E-state index contributed by atoms with van der Waals surface area (Å²) >= 11 is 0. The maximum atomic E-state index is 13.8. The second-order valence-electron chi connectivity index (χ2n) is 4.29. The average Bonchev–Trinajstić information content (AvgIpc) is 2.61. The van der Waals surface area contributed by atoms with E-state index in [1.165, 1.54) is 13.2 Å². The summed E-state index contributed by atoms with van der Waals surface area (Å²) in [5.41, 5.74) is 0.223. The molecule has 1 heterocycles. The molecule has 0 unspecified atom stereocenters. The van der Waals surface area contributed by atoms with E-state index in [0.29, 0.717) is 5.75 Å². The smallest absolute Gasteiger partial charge is 0.286 e. The lowest BCUT2D eigenvalue weighted by Crippen LogP contribution is -2.29. The van der Waals surface area contributed by atoms with Crippen molar-refractivity contribution in [1.29, 1.82) is 5.26 Å². The molecule has 0 radical (unpaired) electrons. The molecule has 2 aromatic carbocycles. The standard InChI is InChI=1S/C15H9FN2O3/c1-20-18-12-7-11(16)9(8-17)6-14(12)21-13-5-3-2-4-10(13)15(18)19/h2-7H,1H3. The summed E-state index contributed by atoms with van der Waals surface area (Å²) in [5.74, 6) is -0.733. The molecule has 0 atom stereocenters. The van der Waals surface area contributed by atoms with Crippen LogP contribution in [0.4, 0.5) is 10.1 Å². The highest BCUT2D eigenvalue weighted by atomic mass is 19.1. The van der Waals surface area contributed by atoms with Crippen molar-refractivity contribution >= 4 is 11.6 Å². The van der Waals surface area contributed by atoms with Gasteiger partial charge in [-0.15, -0.1) is 0 Å². The van der Waals surface area contributed by atoms with Crippen LogP contribution in [0.5, 0.6) is 11.5 Å². The Hall–Kier alpha value is -2.91. The maximum Gasteiger partial charge on any atom is 0.286 e. The van der Waals surface area contributed by atoms with Gasteiger partial charge in [-0.1, -0.05) is 12.1 Å². The zero-order valence-corrected chi connectivity index (χ0v) is 11.0. The van der Waals surface area contributed by atoms with Crippen molar-refractivity contribution in [3.8, 4) is 17.6 Å². The molecule has 0 aromatic heterocycles. The lowest BCUT2D eigenvalue weighted by atomic mass is 10.2. The Morgan fingerprint density at radius 3 is 2.76 bits per heavy atom. The summed E-state index contributed by atoms with van der Waals surface area (Å²) in [6, 6.07) is 10.6. The molecule has 3 rings (SSSR count). The highest BCUT2D eigenvalue weighted by Crippen LogP contribution is 2.40. The highest BCUT2D eigenvalue weighted by molar-refractivity contribution is 6.08. The lowest BCUT2D eigenvalue weighted by molar-refractivity contribution is 0.0775. The normalized spacial score (nSPS) is 12.8. The zero-order chi connectivity index (χ0) is 15.0. The van der Waals surface area contributed by atoms with Crippen LogP contribution in [0.3, 0.4) is 0 Å². The summed E-state index contributed by atoms with van der Waals surface area (Å²) in [6.07, 6.45) is 0. The summed E-state index contributed by atoms with van der Waals surface area (Å²) < 4.78 is 19.4. The number of halogens is 1. The summed E-state index contributed by atoms with van der Waals surface area (Å²) in [6.45, 7) is 0. The minimum Gasteiger partial charge on any atom is -0.454 e. The van der Waals surface area contributed by atoms with Gasteiger partial charge in [0.05, 0.1) is 18.2 Å². The Labute approximate surface area is 119 Å². The quantitative estimate of drug-likeness (QED) is 0.807. The van der Waals surface area contributed by atoms with E-state index in [4.69, 9.17) is 14.8 Å². The van der Waals surface area contributed by atoms with Gasteiger partial charge < -0.3 is 4.74 Å². The minimum atomic E-state index is -0.749. The molecule has 1 aliphatic heterocycles. The van der Waals surface area contributed by atoms with Gasteiger partial charge in [0, 0.05) is 12.1 Å². The van der Waals surface area contributed by atoms with Crippen molar-refractivity contribution < 1.29 is 18.8 Å². The van der Waals surface area contributed by atoms with Crippen molar-refractivity contribution in [3.05, 3.63) is 53.3 Å². The number of nitriles is 1. The number of hydrogen-bond donors (Lipinski definition) is 0. The number of amides is 1. The number of carbonyl (C=O) groups is 1. The summed E-state index contributed by atoms with van der Waals surface area (Å²) in [7, 11) is 1.30. The van der Waals surface area contributed by atoms with Gasteiger partial charge in [0.15, 0.2) is 5.75 Å². The monoisotopic (exact) mass is 284 g/mol. The molecule has 0 aliphatic carbocycles. The van der Waals surface area contributed by atoms with Gasteiger partial charge in [-0.05, 0) is 12.1 Å². The van der Waals surface area contributed by atoms with Crippen LogP contribution < -0.4 is 9.80 Å². The molecule has 0 N–H and O–H groups in total. The number of rotatable bonds is 1. The first-order chi connectivity index (χ1) is 10.2. The van der Waals surface area contributed by atoms with Crippen molar-refractivity contribution in [2.75, 3.05) is 12.2 Å². The van der Waals surface area contributed by atoms with Crippen molar-refractivity contribution in [2.45, 2.75) is 0 Å². The van der Waals surface area contributed by atoms with Crippen LogP contribution >= 0.6 is 0 Å². The van der Waals surface area contributed by atoms with Gasteiger partial charge in [-0.3, -0.25) is 9.63 Å². The molecule has 21 heavy (non-hydrogen) atoms. The van der Waals surface area contributed by atoms with Crippen LogP contribution in [-0.2, 0) is 4.84 Å². The predicted octanol–water partition coefficient (Wildman–Crippen LogP) is 3.01. The first-order valence-corrected chi connectivity index (χ1v) is 6.05. The van der Waals surface area contributed by atoms with E-state index in [0.717, 1.165) is 11.1 Å². The van der Waals surface area contributed by atoms with Gasteiger partial charge in [-0.25, -0.2) is 4.39 Å². The fourth-order valence-corrected chi connectivity index (χ4v) is 2.12. The number of benzene rings is 2. The molecule has 0 saturated carbocycles. The van der Waals surface area contributed by atoms with E-state index in [-0.39, 0.29) is 22.6 Å². The summed E-state index contributed by atoms with van der Waals surface area (Å²) in [5, 5.41) is 9.84. The predicted molar refractivity (Wildman–Crippen MR) is 71.4 cm³/mol. The Balaban J connectivity index is 2.27. The Kier molecular flexibility index (Phi) is 3.05. The van der Waals surface area contributed by atoms with Crippen LogP contribution in [0.2, 0.25) is 0 Å². The first kappa shape index (κ1) is 13.1. The topological polar surface area (TPSA) is 62.6 Å². The third-order valence-corrected chi connectivity index (χ3v) is 3.09. The molecular weight excluding hydrogens is 275 g/mol. The van der Waals surface area contributed by atoms with Crippen LogP contribution in [0.1, 0.15) is 15.9 Å². The molecule has 0 bridgehead atoms. The number of hydroxylamine groups is 1. The highest BCUT2D eigenvalue weighted by Gasteiger charge is 2.29. The third kappa shape index (κ3) is 2.00. The second-order valence-corrected chi connectivity index (χ2v) is 4.29. The molecule has 104 valence electrons. The van der Waals surface area contributed by atoms with Gasteiger partial charge in [0.2, 0.25) is 0 Å². The van der Waals surface area contributed by atoms with Crippen molar-refractivity contribution in [2.24, 2.45) is 0 Å².